The first kappa shape index (κ1) is 25.2. The highest BCUT2D eigenvalue weighted by atomic mass is 19.1. The maximum absolute atomic E-state index is 14.3. The number of nitrogens with zero attached hydrogens (tertiary/aromatic N) is 4. The zero-order valence-electron chi connectivity index (χ0n) is 20.6. The molecule has 9 nitrogen and oxygen atoms in total. The fourth-order valence-corrected chi connectivity index (χ4v) is 4.44. The van der Waals surface area contributed by atoms with Crippen LogP contribution in [0.2, 0.25) is 0 Å². The Balaban J connectivity index is 1.47. The number of carbonyl (C=O) groups excluding carboxylic acids is 1. The third-order valence-corrected chi connectivity index (χ3v) is 6.29. The summed E-state index contributed by atoms with van der Waals surface area (Å²) in [6.45, 7) is 5.73. The number of β-amino-alcohol motifs (C(OH)–C–C–N with tert-alkyl or cyclic N) is 1. The summed E-state index contributed by atoms with van der Waals surface area (Å²) in [7, 11) is 0. The Kier molecular flexibility index (Phi) is 7.52. The predicted molar refractivity (Wildman–Crippen MR) is 144 cm³/mol. The molecule has 3 heterocycles. The number of aliphatic hydroxyl groups excluding tert-OH is 1. The Bertz CT molecular complexity index is 1480. The third kappa shape index (κ3) is 5.61. The lowest BCUT2D eigenvalue weighted by Crippen LogP contribution is -2.27. The molecule has 38 heavy (non-hydrogen) atoms. The minimum atomic E-state index is -0.377. The average Bonchev–Trinajstić information content (AvgIpc) is 3.36. The molecule has 194 valence electrons. The number of hydrogen-bond donors (Lipinski definition) is 3. The second kappa shape index (κ2) is 11.3. The third-order valence-electron chi connectivity index (χ3n) is 6.29. The number of benzene rings is 2. The first-order chi connectivity index (χ1) is 18.5. The standard InChI is InChI=1S/C28H27FN6O3/c1-2-27(37)34-25-14-21-24(15-26(25)38-19-8-10-35(16-19)11-12-36)31-17-32-28(21)33-18-7-9-30-23(13-18)20-5-3-4-6-22(20)29/h2-7,9,13-15,17,19,36H,1,8,10-12,16H2,(H,34,37)(H,30,31,32,33). The molecule has 1 fully saturated rings. The van der Waals surface area contributed by atoms with E-state index in [4.69, 9.17) is 4.74 Å². The number of amides is 1. The minimum Gasteiger partial charge on any atom is -0.487 e. The molecule has 0 bridgehead atoms. The largest absolute Gasteiger partial charge is 0.487 e. The van der Waals surface area contributed by atoms with E-state index in [0.717, 1.165) is 13.0 Å². The molecule has 5 rings (SSSR count). The fourth-order valence-electron chi connectivity index (χ4n) is 4.44. The van der Waals surface area contributed by atoms with Gasteiger partial charge in [0.05, 0.1) is 23.5 Å². The second-order valence-electron chi connectivity index (χ2n) is 8.87. The van der Waals surface area contributed by atoms with Crippen LogP contribution in [0.1, 0.15) is 6.42 Å². The lowest BCUT2D eigenvalue weighted by atomic mass is 10.1. The normalized spacial score (nSPS) is 15.4. The van der Waals surface area contributed by atoms with E-state index in [1.54, 1.807) is 48.7 Å². The van der Waals surface area contributed by atoms with Crippen LogP contribution in [0.15, 0.2) is 73.7 Å². The number of hydrogen-bond acceptors (Lipinski definition) is 8. The van der Waals surface area contributed by atoms with E-state index in [1.165, 1.54) is 18.5 Å². The zero-order chi connectivity index (χ0) is 26.5. The van der Waals surface area contributed by atoms with Gasteiger partial charge in [-0.25, -0.2) is 14.4 Å². The minimum absolute atomic E-state index is 0.0913. The Hall–Kier alpha value is -4.41. The SMILES string of the molecule is C=CC(=O)Nc1cc2c(Nc3ccnc(-c4ccccc4F)c3)ncnc2cc1OC1CCN(CCO)C1. The summed E-state index contributed by atoms with van der Waals surface area (Å²) in [6, 6.07) is 13.5. The predicted octanol–water partition coefficient (Wildman–Crippen LogP) is 4.14. The summed E-state index contributed by atoms with van der Waals surface area (Å²) in [5, 5.41) is 16.0. The number of nitrogens with one attached hydrogen (secondary N) is 2. The molecule has 1 atom stereocenters. The van der Waals surface area contributed by atoms with Gasteiger partial charge in [0.15, 0.2) is 0 Å². The van der Waals surface area contributed by atoms with Gasteiger partial charge in [-0.2, -0.15) is 0 Å². The molecule has 4 aromatic rings. The smallest absolute Gasteiger partial charge is 0.247 e. The maximum Gasteiger partial charge on any atom is 0.247 e. The van der Waals surface area contributed by atoms with Gasteiger partial charge in [0.1, 0.15) is 29.8 Å². The summed E-state index contributed by atoms with van der Waals surface area (Å²) in [6.07, 6.45) is 4.93. The van der Waals surface area contributed by atoms with Gasteiger partial charge in [-0.15, -0.1) is 0 Å². The van der Waals surface area contributed by atoms with E-state index >= 15 is 0 Å². The Morgan fingerprint density at radius 1 is 1.21 bits per heavy atom. The van der Waals surface area contributed by atoms with E-state index in [2.05, 4.69) is 37.1 Å². The molecule has 1 saturated heterocycles. The first-order valence-corrected chi connectivity index (χ1v) is 12.2. The highest BCUT2D eigenvalue weighted by Crippen LogP contribution is 2.35. The maximum atomic E-state index is 14.3. The number of aromatic nitrogens is 3. The van der Waals surface area contributed by atoms with Gasteiger partial charge >= 0.3 is 0 Å². The number of fused-ring (bicyclic) bond motifs is 1. The molecule has 0 aliphatic carbocycles. The number of ether oxygens (including phenoxy) is 1. The molecule has 0 radical (unpaired) electrons. The highest BCUT2D eigenvalue weighted by Gasteiger charge is 2.25. The van der Waals surface area contributed by atoms with Gasteiger partial charge in [-0.1, -0.05) is 18.7 Å². The van der Waals surface area contributed by atoms with Gasteiger partial charge in [0, 0.05) is 48.5 Å². The highest BCUT2D eigenvalue weighted by molar-refractivity contribution is 6.03. The molecule has 1 unspecified atom stereocenters. The molecular formula is C28H27FN6O3. The fraction of sp³-hybridized carbons (Fsp3) is 0.214. The van der Waals surface area contributed by atoms with Crippen molar-refractivity contribution in [1.82, 2.24) is 19.9 Å². The van der Waals surface area contributed by atoms with Crippen molar-refractivity contribution >= 4 is 34.0 Å². The molecule has 0 spiro atoms. The monoisotopic (exact) mass is 514 g/mol. The quantitative estimate of drug-likeness (QED) is 0.286. The number of carbonyl (C=O) groups is 1. The average molecular weight is 515 g/mol. The summed E-state index contributed by atoms with van der Waals surface area (Å²) in [5.41, 5.74) is 2.60. The number of anilines is 3. The van der Waals surface area contributed by atoms with Crippen LogP contribution in [0.3, 0.4) is 0 Å². The summed E-state index contributed by atoms with van der Waals surface area (Å²) >= 11 is 0. The van der Waals surface area contributed by atoms with Crippen LogP contribution < -0.4 is 15.4 Å². The molecule has 3 N–H and O–H groups in total. The second-order valence-corrected chi connectivity index (χ2v) is 8.87. The van der Waals surface area contributed by atoms with E-state index in [0.29, 0.717) is 58.2 Å². The van der Waals surface area contributed by atoms with Crippen molar-refractivity contribution in [3.8, 4) is 17.0 Å². The summed E-state index contributed by atoms with van der Waals surface area (Å²) in [4.78, 5) is 27.5. The Morgan fingerprint density at radius 3 is 2.89 bits per heavy atom. The van der Waals surface area contributed by atoms with E-state index < -0.39 is 0 Å². The Morgan fingerprint density at radius 2 is 2.08 bits per heavy atom. The molecule has 1 amide bonds. The number of aliphatic hydroxyl groups is 1. The van der Waals surface area contributed by atoms with Crippen molar-refractivity contribution < 1.29 is 19.0 Å². The van der Waals surface area contributed by atoms with Crippen LogP contribution in [0.25, 0.3) is 22.2 Å². The van der Waals surface area contributed by atoms with Crippen molar-refractivity contribution in [3.05, 3.63) is 79.5 Å². The number of rotatable bonds is 9. The van der Waals surface area contributed by atoms with Crippen LogP contribution in [0.5, 0.6) is 5.75 Å². The first-order valence-electron chi connectivity index (χ1n) is 12.2. The molecule has 1 aliphatic heterocycles. The van der Waals surface area contributed by atoms with Crippen molar-refractivity contribution in [3.63, 3.8) is 0 Å². The van der Waals surface area contributed by atoms with Crippen LogP contribution >= 0.6 is 0 Å². The Labute approximate surface area is 219 Å². The van der Waals surface area contributed by atoms with Gasteiger partial charge in [0.25, 0.3) is 0 Å². The summed E-state index contributed by atoms with van der Waals surface area (Å²) < 4.78 is 20.6. The van der Waals surface area contributed by atoms with Crippen molar-refractivity contribution in [2.45, 2.75) is 12.5 Å². The lowest BCUT2D eigenvalue weighted by molar-refractivity contribution is -0.111. The zero-order valence-corrected chi connectivity index (χ0v) is 20.6. The summed E-state index contributed by atoms with van der Waals surface area (Å²) in [5.74, 6) is 0.245. The van der Waals surface area contributed by atoms with Crippen LogP contribution in [0, 0.1) is 5.82 Å². The molecule has 1 aliphatic rings. The molecule has 0 saturated carbocycles. The van der Waals surface area contributed by atoms with Crippen LogP contribution in [0.4, 0.5) is 21.6 Å². The van der Waals surface area contributed by atoms with Crippen molar-refractivity contribution in [2.24, 2.45) is 0 Å². The van der Waals surface area contributed by atoms with E-state index in [9.17, 15) is 14.3 Å². The van der Waals surface area contributed by atoms with Crippen LogP contribution in [-0.2, 0) is 4.79 Å². The number of halogens is 1. The number of pyridine rings is 1. The van der Waals surface area contributed by atoms with Crippen LogP contribution in [-0.4, -0.2) is 63.2 Å². The molecular weight excluding hydrogens is 487 g/mol. The van der Waals surface area contributed by atoms with Gasteiger partial charge in [-0.05, 0) is 42.8 Å². The number of likely N-dealkylation sites (tertiary alicyclic amines) is 1. The van der Waals surface area contributed by atoms with Gasteiger partial charge in [0.2, 0.25) is 5.91 Å². The van der Waals surface area contributed by atoms with E-state index in [-0.39, 0.29) is 24.4 Å². The van der Waals surface area contributed by atoms with Gasteiger partial charge in [-0.3, -0.25) is 14.7 Å². The topological polar surface area (TPSA) is 112 Å². The molecule has 10 heteroatoms. The van der Waals surface area contributed by atoms with Gasteiger partial charge < -0.3 is 20.5 Å². The van der Waals surface area contributed by atoms with Crippen molar-refractivity contribution in [1.29, 1.82) is 0 Å². The van der Waals surface area contributed by atoms with Crippen molar-refractivity contribution in [2.75, 3.05) is 36.9 Å². The van der Waals surface area contributed by atoms with E-state index in [1.807, 2.05) is 0 Å². The lowest BCUT2D eigenvalue weighted by Gasteiger charge is -2.19. The molecule has 2 aromatic heterocycles. The molecule has 2 aromatic carbocycles.